The van der Waals surface area contributed by atoms with Crippen molar-refractivity contribution in [3.63, 3.8) is 0 Å². The summed E-state index contributed by atoms with van der Waals surface area (Å²) in [5.74, 6) is -1.57. The SMILES string of the molecule is O=C1C=C(C(F)(F)F)C2CCC(Br)CC2O1. The minimum absolute atomic E-state index is 0.133. The van der Waals surface area contributed by atoms with Crippen molar-refractivity contribution >= 4 is 21.9 Å². The van der Waals surface area contributed by atoms with Crippen LogP contribution in [-0.2, 0) is 9.53 Å². The van der Waals surface area contributed by atoms with Gasteiger partial charge < -0.3 is 4.74 Å². The van der Waals surface area contributed by atoms with Crippen molar-refractivity contribution in [2.75, 3.05) is 0 Å². The number of ether oxygens (including phenoxy) is 1. The standard InChI is InChI=1S/C10H10BrF3O2/c11-5-1-2-6-7(10(12,13)14)4-9(15)16-8(6)3-5/h4-6,8H,1-3H2. The van der Waals surface area contributed by atoms with E-state index in [1.807, 2.05) is 0 Å². The molecule has 2 aliphatic rings. The van der Waals surface area contributed by atoms with Crippen molar-refractivity contribution in [3.8, 4) is 0 Å². The fourth-order valence-electron chi connectivity index (χ4n) is 2.28. The van der Waals surface area contributed by atoms with Gasteiger partial charge in [-0.25, -0.2) is 4.79 Å². The summed E-state index contributed by atoms with van der Waals surface area (Å²) in [5, 5.41) is 0. The maximum atomic E-state index is 12.7. The molecule has 0 spiro atoms. The highest BCUT2D eigenvalue weighted by molar-refractivity contribution is 9.09. The quantitative estimate of drug-likeness (QED) is 0.508. The summed E-state index contributed by atoms with van der Waals surface area (Å²) < 4.78 is 43.0. The largest absolute Gasteiger partial charge is 0.459 e. The summed E-state index contributed by atoms with van der Waals surface area (Å²) >= 11 is 3.35. The Hall–Kier alpha value is -0.520. The molecule has 1 heterocycles. The second-order valence-corrected chi connectivity index (χ2v) is 5.38. The molecule has 1 aliphatic carbocycles. The van der Waals surface area contributed by atoms with Crippen molar-refractivity contribution in [2.45, 2.75) is 36.4 Å². The Kier molecular flexibility index (Phi) is 3.03. The molecule has 0 radical (unpaired) electrons. The van der Waals surface area contributed by atoms with Gasteiger partial charge in [-0.15, -0.1) is 0 Å². The van der Waals surface area contributed by atoms with E-state index in [1.165, 1.54) is 0 Å². The van der Waals surface area contributed by atoms with Crippen molar-refractivity contribution in [3.05, 3.63) is 11.6 Å². The predicted molar refractivity (Wildman–Crippen MR) is 54.1 cm³/mol. The van der Waals surface area contributed by atoms with Crippen molar-refractivity contribution in [2.24, 2.45) is 5.92 Å². The minimum atomic E-state index is -4.43. The number of alkyl halides is 4. The van der Waals surface area contributed by atoms with Crippen molar-refractivity contribution < 1.29 is 22.7 Å². The van der Waals surface area contributed by atoms with Gasteiger partial charge in [-0.3, -0.25) is 0 Å². The Morgan fingerprint density at radius 2 is 2.06 bits per heavy atom. The molecule has 0 amide bonds. The van der Waals surface area contributed by atoms with Crippen LogP contribution in [0.1, 0.15) is 19.3 Å². The third-order valence-corrected chi connectivity index (χ3v) is 3.83. The molecule has 1 fully saturated rings. The molecular weight excluding hydrogens is 289 g/mol. The average Bonchev–Trinajstić information content (AvgIpc) is 2.14. The van der Waals surface area contributed by atoms with Crippen LogP contribution in [0.25, 0.3) is 0 Å². The maximum absolute atomic E-state index is 12.7. The van der Waals surface area contributed by atoms with Gasteiger partial charge >= 0.3 is 12.1 Å². The molecule has 1 saturated carbocycles. The normalized spacial score (nSPS) is 35.1. The van der Waals surface area contributed by atoms with Crippen LogP contribution in [-0.4, -0.2) is 23.1 Å². The number of carbonyl (C=O) groups excluding carboxylic acids is 1. The number of hydrogen-bond donors (Lipinski definition) is 0. The Labute approximate surface area is 99.0 Å². The van der Waals surface area contributed by atoms with Crippen LogP contribution in [0.15, 0.2) is 11.6 Å². The molecule has 3 atom stereocenters. The van der Waals surface area contributed by atoms with E-state index in [0.717, 1.165) is 0 Å². The van der Waals surface area contributed by atoms with E-state index in [9.17, 15) is 18.0 Å². The number of esters is 1. The van der Waals surface area contributed by atoms with E-state index in [0.29, 0.717) is 25.3 Å². The molecule has 3 unspecified atom stereocenters. The first-order chi connectivity index (χ1) is 7.38. The van der Waals surface area contributed by atoms with Crippen molar-refractivity contribution in [1.29, 1.82) is 0 Å². The number of carbonyl (C=O) groups is 1. The van der Waals surface area contributed by atoms with E-state index in [1.54, 1.807) is 0 Å². The van der Waals surface area contributed by atoms with Gasteiger partial charge in [0, 0.05) is 22.4 Å². The van der Waals surface area contributed by atoms with Gasteiger partial charge in [-0.05, 0) is 19.3 Å². The Balaban J connectivity index is 2.27. The zero-order valence-electron chi connectivity index (χ0n) is 8.26. The number of halogens is 4. The van der Waals surface area contributed by atoms with Crippen LogP contribution in [0, 0.1) is 5.92 Å². The third kappa shape index (κ3) is 2.26. The maximum Gasteiger partial charge on any atom is 0.413 e. The highest BCUT2D eigenvalue weighted by atomic mass is 79.9. The molecule has 0 saturated heterocycles. The molecular formula is C10H10BrF3O2. The second kappa shape index (κ2) is 4.05. The Morgan fingerprint density at radius 1 is 1.38 bits per heavy atom. The van der Waals surface area contributed by atoms with Crippen LogP contribution in [0.5, 0.6) is 0 Å². The molecule has 0 bridgehead atoms. The lowest BCUT2D eigenvalue weighted by atomic mass is 9.79. The van der Waals surface area contributed by atoms with Crippen LogP contribution < -0.4 is 0 Å². The van der Waals surface area contributed by atoms with Gasteiger partial charge in [0.1, 0.15) is 6.10 Å². The van der Waals surface area contributed by atoms with Crippen LogP contribution >= 0.6 is 15.9 Å². The molecule has 0 aromatic rings. The highest BCUT2D eigenvalue weighted by Crippen LogP contribution is 2.43. The molecule has 1 aliphatic heterocycles. The van der Waals surface area contributed by atoms with E-state index >= 15 is 0 Å². The van der Waals surface area contributed by atoms with Gasteiger partial charge in [-0.2, -0.15) is 13.2 Å². The first kappa shape index (κ1) is 12.0. The third-order valence-electron chi connectivity index (χ3n) is 3.00. The number of hydrogen-bond acceptors (Lipinski definition) is 2. The molecule has 16 heavy (non-hydrogen) atoms. The fraction of sp³-hybridized carbons (Fsp3) is 0.700. The summed E-state index contributed by atoms with van der Waals surface area (Å²) in [6, 6.07) is 0. The van der Waals surface area contributed by atoms with E-state index in [4.69, 9.17) is 4.74 Å². The van der Waals surface area contributed by atoms with Gasteiger partial charge in [0.05, 0.1) is 0 Å². The molecule has 6 heteroatoms. The summed E-state index contributed by atoms with van der Waals surface area (Å²) in [7, 11) is 0. The summed E-state index contributed by atoms with van der Waals surface area (Å²) in [4.78, 5) is 11.2. The molecule has 90 valence electrons. The summed E-state index contributed by atoms with van der Waals surface area (Å²) in [6.45, 7) is 0. The first-order valence-electron chi connectivity index (χ1n) is 5.01. The number of rotatable bonds is 0. The average molecular weight is 299 g/mol. The van der Waals surface area contributed by atoms with Crippen LogP contribution in [0.3, 0.4) is 0 Å². The second-order valence-electron chi connectivity index (χ2n) is 4.09. The lowest BCUT2D eigenvalue weighted by Crippen LogP contribution is -2.41. The zero-order chi connectivity index (χ0) is 11.9. The van der Waals surface area contributed by atoms with Crippen LogP contribution in [0.2, 0.25) is 0 Å². The topological polar surface area (TPSA) is 26.3 Å². The Bertz CT molecular complexity index is 337. The highest BCUT2D eigenvalue weighted by Gasteiger charge is 2.47. The van der Waals surface area contributed by atoms with Gasteiger partial charge in [0.15, 0.2) is 0 Å². The lowest BCUT2D eigenvalue weighted by molar-refractivity contribution is -0.156. The zero-order valence-corrected chi connectivity index (χ0v) is 9.85. The molecule has 2 rings (SSSR count). The monoisotopic (exact) mass is 298 g/mol. The van der Waals surface area contributed by atoms with E-state index < -0.39 is 29.7 Å². The number of fused-ring (bicyclic) bond motifs is 1. The molecule has 2 nitrogen and oxygen atoms in total. The lowest BCUT2D eigenvalue weighted by Gasteiger charge is -2.37. The van der Waals surface area contributed by atoms with Gasteiger partial charge in [0.25, 0.3) is 0 Å². The first-order valence-corrected chi connectivity index (χ1v) is 5.93. The predicted octanol–water partition coefficient (Wildman–Crippen LogP) is 2.96. The Morgan fingerprint density at radius 3 is 2.69 bits per heavy atom. The van der Waals surface area contributed by atoms with E-state index in [2.05, 4.69) is 15.9 Å². The molecule has 0 aromatic carbocycles. The van der Waals surface area contributed by atoms with E-state index in [-0.39, 0.29) is 4.83 Å². The summed E-state index contributed by atoms with van der Waals surface area (Å²) in [6.07, 6.45) is -2.95. The van der Waals surface area contributed by atoms with Gasteiger partial charge in [-0.1, -0.05) is 15.9 Å². The fourth-order valence-corrected chi connectivity index (χ4v) is 2.91. The minimum Gasteiger partial charge on any atom is -0.459 e. The van der Waals surface area contributed by atoms with Gasteiger partial charge in [0.2, 0.25) is 0 Å². The van der Waals surface area contributed by atoms with Crippen molar-refractivity contribution in [1.82, 2.24) is 0 Å². The molecule has 0 aromatic heterocycles. The van der Waals surface area contributed by atoms with Crippen LogP contribution in [0.4, 0.5) is 13.2 Å². The summed E-state index contributed by atoms with van der Waals surface area (Å²) in [5.41, 5.74) is -0.729. The molecule has 0 N–H and O–H groups in total. The smallest absolute Gasteiger partial charge is 0.413 e.